The lowest BCUT2D eigenvalue weighted by molar-refractivity contribution is -0.158. The first-order valence-electron chi connectivity index (χ1n) is 10.2. The first-order valence-corrected chi connectivity index (χ1v) is 11.6. The fourth-order valence-electron chi connectivity index (χ4n) is 6.49. The molecular formula is C20H27N3O3S. The average molecular weight is 390 g/mol. The Morgan fingerprint density at radius 3 is 2.11 bits per heavy atom. The Morgan fingerprint density at radius 2 is 1.59 bits per heavy atom. The van der Waals surface area contributed by atoms with Crippen LogP contribution < -0.4 is 0 Å². The van der Waals surface area contributed by atoms with Crippen LogP contribution in [0.2, 0.25) is 0 Å². The van der Waals surface area contributed by atoms with E-state index in [4.69, 9.17) is 0 Å². The number of carbonyl (C=O) groups is 1. The second-order valence-electron chi connectivity index (χ2n) is 9.08. The molecule has 6 rings (SSSR count). The third-order valence-corrected chi connectivity index (χ3v) is 9.17. The van der Waals surface area contributed by atoms with Crippen LogP contribution in [0.4, 0.5) is 0 Å². The van der Waals surface area contributed by atoms with E-state index in [-0.39, 0.29) is 10.3 Å². The van der Waals surface area contributed by atoms with E-state index in [0.29, 0.717) is 32.1 Å². The molecule has 0 unspecified atom stereocenters. The molecule has 0 spiro atoms. The van der Waals surface area contributed by atoms with Crippen molar-refractivity contribution < 1.29 is 13.2 Å². The van der Waals surface area contributed by atoms with Gasteiger partial charge >= 0.3 is 0 Å². The van der Waals surface area contributed by atoms with E-state index in [2.05, 4.69) is 4.98 Å². The van der Waals surface area contributed by atoms with E-state index in [1.54, 1.807) is 18.3 Å². The van der Waals surface area contributed by atoms with Crippen molar-refractivity contribution in [2.24, 2.45) is 23.2 Å². The van der Waals surface area contributed by atoms with Gasteiger partial charge in [0.15, 0.2) is 0 Å². The van der Waals surface area contributed by atoms with Crippen LogP contribution in [0.5, 0.6) is 0 Å². The highest BCUT2D eigenvalue weighted by atomic mass is 32.2. The molecule has 1 saturated heterocycles. The van der Waals surface area contributed by atoms with Gasteiger partial charge in [-0.05, 0) is 68.4 Å². The van der Waals surface area contributed by atoms with Crippen LogP contribution >= 0.6 is 0 Å². The minimum absolute atomic E-state index is 0.140. The van der Waals surface area contributed by atoms with Gasteiger partial charge in [0, 0.05) is 38.6 Å². The van der Waals surface area contributed by atoms with Gasteiger partial charge < -0.3 is 4.90 Å². The number of piperazine rings is 1. The van der Waals surface area contributed by atoms with Gasteiger partial charge in [-0.15, -0.1) is 0 Å². The molecule has 5 fully saturated rings. The number of hydrogen-bond donors (Lipinski definition) is 0. The van der Waals surface area contributed by atoms with Gasteiger partial charge in [0.05, 0.1) is 5.41 Å². The van der Waals surface area contributed by atoms with Crippen LogP contribution in [-0.2, 0) is 14.8 Å². The van der Waals surface area contributed by atoms with E-state index < -0.39 is 10.0 Å². The number of sulfonamides is 1. The molecule has 0 atom stereocenters. The predicted octanol–water partition coefficient (Wildman–Crippen LogP) is 2.13. The fourth-order valence-corrected chi connectivity index (χ4v) is 7.88. The summed E-state index contributed by atoms with van der Waals surface area (Å²) in [5, 5.41) is 0. The highest BCUT2D eigenvalue weighted by Gasteiger charge is 2.55. The molecule has 4 bridgehead atoms. The number of carbonyl (C=O) groups excluding carboxylic acids is 1. The minimum Gasteiger partial charge on any atom is -0.340 e. The van der Waals surface area contributed by atoms with Crippen molar-refractivity contribution in [1.82, 2.24) is 14.2 Å². The second kappa shape index (κ2) is 6.27. The van der Waals surface area contributed by atoms with Crippen LogP contribution in [-0.4, -0.2) is 54.7 Å². The quantitative estimate of drug-likeness (QED) is 0.794. The Hall–Kier alpha value is -1.47. The number of nitrogens with zero attached hydrogens (tertiary/aromatic N) is 3. The first kappa shape index (κ1) is 17.6. The van der Waals surface area contributed by atoms with Gasteiger partial charge in [0.2, 0.25) is 15.9 Å². The van der Waals surface area contributed by atoms with Crippen molar-refractivity contribution in [1.29, 1.82) is 0 Å². The molecule has 1 aromatic heterocycles. The van der Waals surface area contributed by atoms with E-state index in [9.17, 15) is 13.2 Å². The van der Waals surface area contributed by atoms with Gasteiger partial charge in [-0.2, -0.15) is 4.31 Å². The molecule has 4 aliphatic carbocycles. The molecule has 1 amide bonds. The van der Waals surface area contributed by atoms with Gasteiger partial charge in [-0.3, -0.25) is 9.78 Å². The summed E-state index contributed by atoms with van der Waals surface area (Å²) < 4.78 is 27.0. The molecule has 6 nitrogen and oxygen atoms in total. The summed E-state index contributed by atoms with van der Waals surface area (Å²) in [5.74, 6) is 2.53. The molecule has 4 saturated carbocycles. The zero-order valence-corrected chi connectivity index (χ0v) is 16.4. The lowest BCUT2D eigenvalue weighted by atomic mass is 9.49. The van der Waals surface area contributed by atoms with Gasteiger partial charge in [-0.1, -0.05) is 0 Å². The maximum atomic E-state index is 13.4. The van der Waals surface area contributed by atoms with Crippen molar-refractivity contribution in [3.05, 3.63) is 24.5 Å². The molecule has 1 aliphatic heterocycles. The van der Waals surface area contributed by atoms with E-state index in [1.165, 1.54) is 29.8 Å². The van der Waals surface area contributed by atoms with Crippen molar-refractivity contribution in [3.8, 4) is 0 Å². The normalized spacial score (nSPS) is 36.1. The second-order valence-corrected chi connectivity index (χ2v) is 11.0. The SMILES string of the molecule is O=C(N1CCN(S(=O)(=O)c2cccnc2)CC1)C12CC3CC(CC(C3)C1)C2. The molecule has 146 valence electrons. The monoisotopic (exact) mass is 389 g/mol. The maximum Gasteiger partial charge on any atom is 0.244 e. The van der Waals surface area contributed by atoms with Crippen LogP contribution in [0.15, 0.2) is 29.4 Å². The van der Waals surface area contributed by atoms with Crippen LogP contribution in [0.25, 0.3) is 0 Å². The average Bonchev–Trinajstić information content (AvgIpc) is 2.67. The Labute approximate surface area is 161 Å². The van der Waals surface area contributed by atoms with E-state index in [0.717, 1.165) is 37.0 Å². The zero-order chi connectivity index (χ0) is 18.6. The van der Waals surface area contributed by atoms with Gasteiger partial charge in [0.1, 0.15) is 4.90 Å². The van der Waals surface area contributed by atoms with Crippen molar-refractivity contribution in [2.45, 2.75) is 43.4 Å². The molecule has 27 heavy (non-hydrogen) atoms. The Morgan fingerprint density at radius 1 is 1.00 bits per heavy atom. The largest absolute Gasteiger partial charge is 0.340 e. The number of pyridine rings is 1. The number of hydrogen-bond acceptors (Lipinski definition) is 4. The standard InChI is InChI=1S/C20H27N3O3S/c24-19(20-11-15-8-16(12-20)10-17(9-15)13-20)22-4-6-23(7-5-22)27(25,26)18-2-1-3-21-14-18/h1-3,14-17H,4-13H2. The fraction of sp³-hybridized carbons (Fsp3) is 0.700. The number of rotatable bonds is 3. The summed E-state index contributed by atoms with van der Waals surface area (Å²) in [6, 6.07) is 3.22. The lowest BCUT2D eigenvalue weighted by Gasteiger charge is -2.57. The minimum atomic E-state index is -3.52. The molecular weight excluding hydrogens is 362 g/mol. The van der Waals surface area contributed by atoms with Crippen LogP contribution in [0.1, 0.15) is 38.5 Å². The third kappa shape index (κ3) is 2.90. The molecule has 0 radical (unpaired) electrons. The number of amides is 1. The van der Waals surface area contributed by atoms with E-state index >= 15 is 0 Å². The number of aromatic nitrogens is 1. The smallest absolute Gasteiger partial charge is 0.244 e. The Kier molecular flexibility index (Phi) is 4.09. The highest BCUT2D eigenvalue weighted by Crippen LogP contribution is 2.60. The molecule has 1 aromatic rings. The van der Waals surface area contributed by atoms with Gasteiger partial charge in [-0.25, -0.2) is 8.42 Å². The third-order valence-electron chi connectivity index (χ3n) is 7.29. The lowest BCUT2D eigenvalue weighted by Crippen LogP contribution is -2.58. The molecule has 5 aliphatic rings. The zero-order valence-electron chi connectivity index (χ0n) is 15.6. The summed E-state index contributed by atoms with van der Waals surface area (Å²) in [7, 11) is -3.52. The highest BCUT2D eigenvalue weighted by molar-refractivity contribution is 7.89. The summed E-state index contributed by atoms with van der Waals surface area (Å²) in [6.07, 6.45) is 10.1. The maximum absolute atomic E-state index is 13.4. The molecule has 7 heteroatoms. The molecule has 0 aromatic carbocycles. The predicted molar refractivity (Wildman–Crippen MR) is 100 cm³/mol. The summed E-state index contributed by atoms with van der Waals surface area (Å²) >= 11 is 0. The van der Waals surface area contributed by atoms with Crippen molar-refractivity contribution in [2.75, 3.05) is 26.2 Å². The van der Waals surface area contributed by atoms with Crippen molar-refractivity contribution >= 4 is 15.9 Å². The Bertz CT molecular complexity index is 796. The first-order chi connectivity index (χ1) is 13.0. The van der Waals surface area contributed by atoms with E-state index in [1.807, 2.05) is 4.90 Å². The topological polar surface area (TPSA) is 70.6 Å². The summed E-state index contributed by atoms with van der Waals surface area (Å²) in [4.78, 5) is 19.5. The Balaban J connectivity index is 1.28. The van der Waals surface area contributed by atoms with Crippen LogP contribution in [0, 0.1) is 23.2 Å². The van der Waals surface area contributed by atoms with Crippen molar-refractivity contribution in [3.63, 3.8) is 0 Å². The van der Waals surface area contributed by atoms with Crippen LogP contribution in [0.3, 0.4) is 0 Å². The summed E-state index contributed by atoms with van der Waals surface area (Å²) in [6.45, 7) is 1.74. The molecule has 2 heterocycles. The summed E-state index contributed by atoms with van der Waals surface area (Å²) in [5.41, 5.74) is -0.140. The van der Waals surface area contributed by atoms with Gasteiger partial charge in [0.25, 0.3) is 0 Å². The molecule has 0 N–H and O–H groups in total.